The van der Waals surface area contributed by atoms with Crippen molar-refractivity contribution in [1.29, 1.82) is 0 Å². The van der Waals surface area contributed by atoms with Gasteiger partial charge in [-0.05, 0) is 26.0 Å². The van der Waals surface area contributed by atoms with Gasteiger partial charge < -0.3 is 4.74 Å². The Balaban J connectivity index is 2.00. The molecule has 1 aromatic heterocycles. The predicted molar refractivity (Wildman–Crippen MR) is 80.1 cm³/mol. The standard InChI is InChI=1S/C15H14N2O3S/c1-8-9(2)21-13(16-8)7-17-12-6-10(20-3)4-5-11(12)14(18)15(17)19/h4-6H,7H2,1-3H3. The maximum absolute atomic E-state index is 12.2. The molecule has 1 aliphatic rings. The summed E-state index contributed by atoms with van der Waals surface area (Å²) in [4.78, 5) is 31.2. The van der Waals surface area contributed by atoms with Crippen molar-refractivity contribution >= 4 is 28.7 Å². The SMILES string of the molecule is COc1ccc2c(c1)N(Cc1nc(C)c(C)s1)C(=O)C2=O. The second kappa shape index (κ2) is 4.96. The second-order valence-electron chi connectivity index (χ2n) is 4.85. The highest BCUT2D eigenvalue weighted by molar-refractivity contribution is 7.11. The first-order valence-electron chi connectivity index (χ1n) is 6.48. The highest BCUT2D eigenvalue weighted by Gasteiger charge is 2.36. The molecular formula is C15H14N2O3S. The van der Waals surface area contributed by atoms with Gasteiger partial charge in [0.1, 0.15) is 10.8 Å². The molecular weight excluding hydrogens is 288 g/mol. The fourth-order valence-electron chi connectivity index (χ4n) is 2.30. The van der Waals surface area contributed by atoms with Crippen LogP contribution in [0.25, 0.3) is 0 Å². The number of Topliss-reactive ketones (excluding diaryl/α,β-unsaturated/α-hetero) is 1. The van der Waals surface area contributed by atoms with E-state index < -0.39 is 11.7 Å². The minimum atomic E-state index is -0.510. The number of carbonyl (C=O) groups is 2. The van der Waals surface area contributed by atoms with Crippen LogP contribution in [0.3, 0.4) is 0 Å². The molecule has 0 spiro atoms. The molecule has 0 bridgehead atoms. The van der Waals surface area contributed by atoms with Gasteiger partial charge in [-0.15, -0.1) is 11.3 Å². The van der Waals surface area contributed by atoms with Gasteiger partial charge in [0.05, 0.1) is 30.6 Å². The average Bonchev–Trinajstić information content (AvgIpc) is 2.91. The molecule has 3 rings (SSSR count). The van der Waals surface area contributed by atoms with E-state index in [0.717, 1.165) is 15.6 Å². The third-order valence-electron chi connectivity index (χ3n) is 3.55. The Morgan fingerprint density at radius 1 is 1.29 bits per heavy atom. The van der Waals surface area contributed by atoms with E-state index in [2.05, 4.69) is 4.98 Å². The fourth-order valence-corrected chi connectivity index (χ4v) is 3.22. The van der Waals surface area contributed by atoms with Crippen molar-refractivity contribution in [2.24, 2.45) is 0 Å². The van der Waals surface area contributed by atoms with Gasteiger partial charge in [-0.3, -0.25) is 14.5 Å². The molecule has 5 nitrogen and oxygen atoms in total. The monoisotopic (exact) mass is 302 g/mol. The topological polar surface area (TPSA) is 59.5 Å². The summed E-state index contributed by atoms with van der Waals surface area (Å²) in [6.07, 6.45) is 0. The first kappa shape index (κ1) is 13.8. The van der Waals surface area contributed by atoms with Crippen molar-refractivity contribution in [3.63, 3.8) is 0 Å². The molecule has 1 aromatic carbocycles. The van der Waals surface area contributed by atoms with Crippen LogP contribution in [-0.4, -0.2) is 23.8 Å². The number of ketones is 1. The van der Waals surface area contributed by atoms with Gasteiger partial charge in [-0.2, -0.15) is 0 Å². The fraction of sp³-hybridized carbons (Fsp3) is 0.267. The minimum absolute atomic E-state index is 0.310. The van der Waals surface area contributed by atoms with Crippen molar-refractivity contribution in [3.8, 4) is 5.75 Å². The van der Waals surface area contributed by atoms with Gasteiger partial charge in [0.2, 0.25) is 0 Å². The molecule has 108 valence electrons. The number of thiazole rings is 1. The maximum atomic E-state index is 12.2. The molecule has 0 saturated carbocycles. The van der Waals surface area contributed by atoms with Crippen LogP contribution in [0.5, 0.6) is 5.75 Å². The Labute approximate surface area is 126 Å². The number of rotatable bonds is 3. The van der Waals surface area contributed by atoms with Crippen LogP contribution in [0.1, 0.15) is 25.9 Å². The number of benzene rings is 1. The van der Waals surface area contributed by atoms with Crippen molar-refractivity contribution < 1.29 is 14.3 Å². The summed E-state index contributed by atoms with van der Waals surface area (Å²) in [6.45, 7) is 4.23. The van der Waals surface area contributed by atoms with E-state index in [0.29, 0.717) is 23.5 Å². The Hall–Kier alpha value is -2.21. The Bertz CT molecular complexity index is 732. The zero-order valence-electron chi connectivity index (χ0n) is 12.0. The summed E-state index contributed by atoms with van der Waals surface area (Å²) in [5.74, 6) is -0.367. The second-order valence-corrected chi connectivity index (χ2v) is 6.14. The quantitative estimate of drug-likeness (QED) is 0.817. The molecule has 21 heavy (non-hydrogen) atoms. The lowest BCUT2D eigenvalue weighted by atomic mass is 10.1. The van der Waals surface area contributed by atoms with Gasteiger partial charge in [-0.25, -0.2) is 4.98 Å². The number of aryl methyl sites for hydroxylation is 2. The van der Waals surface area contributed by atoms with Crippen molar-refractivity contribution in [2.45, 2.75) is 20.4 Å². The number of hydrogen-bond donors (Lipinski definition) is 0. The molecule has 2 heterocycles. The van der Waals surface area contributed by atoms with Crippen LogP contribution in [0.2, 0.25) is 0 Å². The number of methoxy groups -OCH3 is 1. The molecule has 0 atom stereocenters. The number of hydrogen-bond acceptors (Lipinski definition) is 5. The molecule has 6 heteroatoms. The maximum Gasteiger partial charge on any atom is 0.299 e. The Morgan fingerprint density at radius 2 is 2.05 bits per heavy atom. The van der Waals surface area contributed by atoms with E-state index in [1.165, 1.54) is 4.90 Å². The number of carbonyl (C=O) groups excluding carboxylic acids is 2. The Morgan fingerprint density at radius 3 is 2.67 bits per heavy atom. The predicted octanol–water partition coefficient (Wildman–Crippen LogP) is 2.50. The van der Waals surface area contributed by atoms with Gasteiger partial charge >= 0.3 is 0 Å². The number of amides is 1. The lowest BCUT2D eigenvalue weighted by molar-refractivity contribution is -0.114. The number of aromatic nitrogens is 1. The zero-order valence-corrected chi connectivity index (χ0v) is 12.8. The number of fused-ring (bicyclic) bond motifs is 1. The Kier molecular flexibility index (Phi) is 3.25. The highest BCUT2D eigenvalue weighted by atomic mass is 32.1. The number of ether oxygens (including phenoxy) is 1. The summed E-state index contributed by atoms with van der Waals surface area (Å²) < 4.78 is 5.17. The van der Waals surface area contributed by atoms with E-state index in [9.17, 15) is 9.59 Å². The smallest absolute Gasteiger partial charge is 0.299 e. The molecule has 1 aliphatic heterocycles. The van der Waals surface area contributed by atoms with E-state index in [1.807, 2.05) is 13.8 Å². The van der Waals surface area contributed by atoms with Crippen molar-refractivity contribution in [2.75, 3.05) is 12.0 Å². The van der Waals surface area contributed by atoms with E-state index >= 15 is 0 Å². The average molecular weight is 302 g/mol. The first-order valence-corrected chi connectivity index (χ1v) is 7.30. The molecule has 0 fully saturated rings. The first-order chi connectivity index (χ1) is 10.0. The lowest BCUT2D eigenvalue weighted by Crippen LogP contribution is -2.29. The van der Waals surface area contributed by atoms with Crippen LogP contribution >= 0.6 is 11.3 Å². The number of anilines is 1. The van der Waals surface area contributed by atoms with Crippen LogP contribution in [-0.2, 0) is 11.3 Å². The molecule has 0 aliphatic carbocycles. The largest absolute Gasteiger partial charge is 0.497 e. The molecule has 0 N–H and O–H groups in total. The third-order valence-corrected chi connectivity index (χ3v) is 4.60. The molecule has 0 saturated heterocycles. The summed E-state index contributed by atoms with van der Waals surface area (Å²) in [7, 11) is 1.55. The van der Waals surface area contributed by atoms with Crippen LogP contribution < -0.4 is 9.64 Å². The third kappa shape index (κ3) is 2.21. The van der Waals surface area contributed by atoms with Gasteiger partial charge in [-0.1, -0.05) is 0 Å². The van der Waals surface area contributed by atoms with Crippen LogP contribution in [0.15, 0.2) is 18.2 Å². The number of nitrogens with zero attached hydrogens (tertiary/aromatic N) is 2. The van der Waals surface area contributed by atoms with Crippen LogP contribution in [0, 0.1) is 13.8 Å². The van der Waals surface area contributed by atoms with Crippen molar-refractivity contribution in [3.05, 3.63) is 39.3 Å². The lowest BCUT2D eigenvalue weighted by Gasteiger charge is -2.15. The van der Waals surface area contributed by atoms with E-state index in [4.69, 9.17) is 4.74 Å². The van der Waals surface area contributed by atoms with E-state index in [-0.39, 0.29) is 0 Å². The summed E-state index contributed by atoms with van der Waals surface area (Å²) in [6, 6.07) is 5.03. The minimum Gasteiger partial charge on any atom is -0.497 e. The normalized spacial score (nSPS) is 13.8. The van der Waals surface area contributed by atoms with Crippen LogP contribution in [0.4, 0.5) is 5.69 Å². The molecule has 1 amide bonds. The van der Waals surface area contributed by atoms with E-state index in [1.54, 1.807) is 36.6 Å². The summed E-state index contributed by atoms with van der Waals surface area (Å²) >= 11 is 1.54. The van der Waals surface area contributed by atoms with Crippen molar-refractivity contribution in [1.82, 2.24) is 4.98 Å². The van der Waals surface area contributed by atoms with Gasteiger partial charge in [0.25, 0.3) is 11.7 Å². The van der Waals surface area contributed by atoms with Gasteiger partial charge in [0.15, 0.2) is 0 Å². The zero-order chi connectivity index (χ0) is 15.1. The molecule has 2 aromatic rings. The molecule has 0 unspecified atom stereocenters. The highest BCUT2D eigenvalue weighted by Crippen LogP contribution is 2.34. The summed E-state index contributed by atoms with van der Waals surface area (Å²) in [5, 5.41) is 0.821. The molecule has 0 radical (unpaired) electrons. The summed E-state index contributed by atoms with van der Waals surface area (Å²) in [5.41, 5.74) is 1.97. The van der Waals surface area contributed by atoms with Gasteiger partial charge in [0, 0.05) is 10.9 Å².